The summed E-state index contributed by atoms with van der Waals surface area (Å²) in [6.07, 6.45) is 1.81. The number of methoxy groups -OCH3 is 1. The van der Waals surface area contributed by atoms with Crippen LogP contribution in [0.15, 0.2) is 18.2 Å². The Kier molecular flexibility index (Phi) is 3.09. The fraction of sp³-hybridized carbons (Fsp3) is 0.533. The fourth-order valence-electron chi connectivity index (χ4n) is 3.25. The molecule has 1 unspecified atom stereocenters. The normalized spacial score (nSPS) is 22.0. The fourth-order valence-corrected chi connectivity index (χ4v) is 3.25. The minimum absolute atomic E-state index is 0.0336. The number of carbonyl (C=O) groups is 1. The molecule has 0 bridgehead atoms. The molecule has 1 fully saturated rings. The molecule has 3 rings (SSSR count). The largest absolute Gasteiger partial charge is 0.496 e. The molecule has 1 aromatic rings. The summed E-state index contributed by atoms with van der Waals surface area (Å²) in [4.78, 5) is 16.8. The molecule has 1 aromatic carbocycles. The minimum Gasteiger partial charge on any atom is -0.496 e. The van der Waals surface area contributed by atoms with E-state index in [-0.39, 0.29) is 11.9 Å². The van der Waals surface area contributed by atoms with Gasteiger partial charge in [-0.1, -0.05) is 6.07 Å². The molecule has 2 aliphatic heterocycles. The number of fused-ring (bicyclic) bond motifs is 3. The Morgan fingerprint density at radius 1 is 1.37 bits per heavy atom. The first kappa shape index (κ1) is 12.3. The van der Waals surface area contributed by atoms with Gasteiger partial charge in [0.05, 0.1) is 7.11 Å². The predicted molar refractivity (Wildman–Crippen MR) is 74.7 cm³/mol. The van der Waals surface area contributed by atoms with Crippen molar-refractivity contribution in [2.24, 2.45) is 0 Å². The van der Waals surface area contributed by atoms with Gasteiger partial charge in [0.1, 0.15) is 11.8 Å². The number of amides is 1. The molecular weight excluding hydrogens is 240 g/mol. The highest BCUT2D eigenvalue weighted by molar-refractivity contribution is 5.89. The summed E-state index contributed by atoms with van der Waals surface area (Å²) in [5.74, 6) is 1.17. The summed E-state index contributed by atoms with van der Waals surface area (Å²) < 4.78 is 5.43. The number of carbonyl (C=O) groups excluding carboxylic acids is 1. The van der Waals surface area contributed by atoms with E-state index in [1.54, 1.807) is 7.11 Å². The van der Waals surface area contributed by atoms with Gasteiger partial charge in [-0.25, -0.2) is 0 Å². The lowest BCUT2D eigenvalue weighted by atomic mass is 10.1. The summed E-state index contributed by atoms with van der Waals surface area (Å²) in [6.45, 7) is 4.68. The van der Waals surface area contributed by atoms with Crippen LogP contribution in [0.2, 0.25) is 0 Å². The first-order valence-electron chi connectivity index (χ1n) is 6.97. The van der Waals surface area contributed by atoms with Gasteiger partial charge in [0.15, 0.2) is 0 Å². The van der Waals surface area contributed by atoms with Crippen molar-refractivity contribution in [1.82, 2.24) is 4.90 Å². The minimum atomic E-state index is -0.0336. The van der Waals surface area contributed by atoms with Crippen LogP contribution in [0.4, 0.5) is 5.69 Å². The molecule has 1 amide bonds. The standard InChI is InChI=1S/C15H20N2O2/c1-3-16-8-5-9-17-12-6-4-7-14(19-2)11(12)10-13(17)15(16)18/h4,6-7,13H,3,5,8-10H2,1-2H3. The van der Waals surface area contributed by atoms with E-state index in [1.807, 2.05) is 17.0 Å². The van der Waals surface area contributed by atoms with Crippen molar-refractivity contribution in [1.29, 1.82) is 0 Å². The van der Waals surface area contributed by atoms with Gasteiger partial charge in [0.25, 0.3) is 0 Å². The molecule has 19 heavy (non-hydrogen) atoms. The number of anilines is 1. The Morgan fingerprint density at radius 3 is 2.95 bits per heavy atom. The van der Waals surface area contributed by atoms with Crippen molar-refractivity contribution < 1.29 is 9.53 Å². The van der Waals surface area contributed by atoms with E-state index in [9.17, 15) is 4.79 Å². The van der Waals surface area contributed by atoms with Crippen LogP contribution in [0.5, 0.6) is 5.75 Å². The molecule has 0 radical (unpaired) electrons. The van der Waals surface area contributed by atoms with E-state index in [0.717, 1.165) is 38.2 Å². The SMILES string of the molecule is CCN1CCCN2c3cccc(OC)c3CC2C1=O. The highest BCUT2D eigenvalue weighted by Crippen LogP contribution is 2.39. The Bertz CT molecular complexity index is 501. The molecule has 4 heteroatoms. The maximum Gasteiger partial charge on any atom is 0.245 e. The van der Waals surface area contributed by atoms with Crippen LogP contribution in [0.25, 0.3) is 0 Å². The maximum absolute atomic E-state index is 12.6. The summed E-state index contributed by atoms with van der Waals surface area (Å²) >= 11 is 0. The number of hydrogen-bond donors (Lipinski definition) is 0. The van der Waals surface area contributed by atoms with E-state index in [4.69, 9.17) is 4.74 Å². The first-order valence-corrected chi connectivity index (χ1v) is 6.97. The van der Waals surface area contributed by atoms with Gasteiger partial charge < -0.3 is 14.5 Å². The summed E-state index contributed by atoms with van der Waals surface area (Å²) in [5, 5.41) is 0. The summed E-state index contributed by atoms with van der Waals surface area (Å²) in [7, 11) is 1.69. The summed E-state index contributed by atoms with van der Waals surface area (Å²) in [6, 6.07) is 6.06. The second kappa shape index (κ2) is 4.76. The second-order valence-electron chi connectivity index (χ2n) is 5.14. The monoisotopic (exact) mass is 260 g/mol. The van der Waals surface area contributed by atoms with Crippen LogP contribution in [-0.2, 0) is 11.2 Å². The zero-order valence-corrected chi connectivity index (χ0v) is 11.6. The third-order valence-corrected chi connectivity index (χ3v) is 4.22. The van der Waals surface area contributed by atoms with Gasteiger partial charge in [-0.15, -0.1) is 0 Å². The smallest absolute Gasteiger partial charge is 0.245 e. The number of likely N-dealkylation sites (N-methyl/N-ethyl adjacent to an activating group) is 1. The lowest BCUT2D eigenvalue weighted by molar-refractivity contribution is -0.131. The Morgan fingerprint density at radius 2 is 2.21 bits per heavy atom. The molecule has 2 aliphatic rings. The summed E-state index contributed by atoms with van der Waals surface area (Å²) in [5.41, 5.74) is 2.36. The van der Waals surface area contributed by atoms with Crippen molar-refractivity contribution in [2.75, 3.05) is 31.6 Å². The van der Waals surface area contributed by atoms with Crippen molar-refractivity contribution >= 4 is 11.6 Å². The maximum atomic E-state index is 12.6. The molecule has 1 atom stereocenters. The third kappa shape index (κ3) is 1.86. The highest BCUT2D eigenvalue weighted by atomic mass is 16.5. The van der Waals surface area contributed by atoms with Gasteiger partial charge in [0.2, 0.25) is 5.91 Å². The molecule has 102 valence electrons. The average molecular weight is 260 g/mol. The van der Waals surface area contributed by atoms with Crippen LogP contribution < -0.4 is 9.64 Å². The first-order chi connectivity index (χ1) is 9.26. The van der Waals surface area contributed by atoms with Crippen molar-refractivity contribution in [2.45, 2.75) is 25.8 Å². The molecular formula is C15H20N2O2. The van der Waals surface area contributed by atoms with Gasteiger partial charge in [0, 0.05) is 37.3 Å². The number of benzene rings is 1. The van der Waals surface area contributed by atoms with Crippen LogP contribution in [-0.4, -0.2) is 43.6 Å². The van der Waals surface area contributed by atoms with E-state index in [1.165, 1.54) is 11.3 Å². The van der Waals surface area contributed by atoms with Gasteiger partial charge in [-0.05, 0) is 25.5 Å². The zero-order valence-electron chi connectivity index (χ0n) is 11.6. The van der Waals surface area contributed by atoms with Crippen LogP contribution in [0.1, 0.15) is 18.9 Å². The van der Waals surface area contributed by atoms with E-state index < -0.39 is 0 Å². The third-order valence-electron chi connectivity index (χ3n) is 4.22. The van der Waals surface area contributed by atoms with Gasteiger partial charge >= 0.3 is 0 Å². The van der Waals surface area contributed by atoms with Gasteiger partial charge in [-0.3, -0.25) is 4.79 Å². The number of hydrogen-bond acceptors (Lipinski definition) is 3. The molecule has 4 nitrogen and oxygen atoms in total. The average Bonchev–Trinajstić information content (AvgIpc) is 2.74. The molecule has 0 spiro atoms. The number of ether oxygens (including phenoxy) is 1. The lowest BCUT2D eigenvalue weighted by Gasteiger charge is -2.25. The van der Waals surface area contributed by atoms with Crippen molar-refractivity contribution in [3.8, 4) is 5.75 Å². The van der Waals surface area contributed by atoms with E-state index in [0.29, 0.717) is 0 Å². The predicted octanol–water partition coefficient (Wildman–Crippen LogP) is 1.68. The van der Waals surface area contributed by atoms with Gasteiger partial charge in [-0.2, -0.15) is 0 Å². The quantitative estimate of drug-likeness (QED) is 0.811. The zero-order chi connectivity index (χ0) is 13.4. The van der Waals surface area contributed by atoms with E-state index >= 15 is 0 Å². The van der Waals surface area contributed by atoms with Crippen LogP contribution >= 0.6 is 0 Å². The Labute approximate surface area is 113 Å². The molecule has 2 heterocycles. The lowest BCUT2D eigenvalue weighted by Crippen LogP contribution is -2.44. The molecule has 1 saturated heterocycles. The molecule has 0 aromatic heterocycles. The van der Waals surface area contributed by atoms with E-state index in [2.05, 4.69) is 17.9 Å². The Hall–Kier alpha value is -1.71. The second-order valence-corrected chi connectivity index (χ2v) is 5.14. The molecule has 0 N–H and O–H groups in total. The topological polar surface area (TPSA) is 32.8 Å². The molecule has 0 aliphatic carbocycles. The number of rotatable bonds is 2. The molecule has 0 saturated carbocycles. The van der Waals surface area contributed by atoms with Crippen LogP contribution in [0, 0.1) is 0 Å². The van der Waals surface area contributed by atoms with Crippen LogP contribution in [0.3, 0.4) is 0 Å². The van der Waals surface area contributed by atoms with Crippen molar-refractivity contribution in [3.05, 3.63) is 23.8 Å². The highest BCUT2D eigenvalue weighted by Gasteiger charge is 2.39. The van der Waals surface area contributed by atoms with Crippen molar-refractivity contribution in [3.63, 3.8) is 0 Å². The Balaban J connectivity index is 1.99. The number of nitrogens with zero attached hydrogens (tertiary/aromatic N) is 2.